The van der Waals surface area contributed by atoms with Gasteiger partial charge in [-0.3, -0.25) is 0 Å². The zero-order valence-electron chi connectivity index (χ0n) is 33.6. The Bertz CT molecular complexity index is 1790. The van der Waals surface area contributed by atoms with E-state index in [0.717, 1.165) is 33.2 Å². The van der Waals surface area contributed by atoms with Gasteiger partial charge in [0.1, 0.15) is 0 Å². The fourth-order valence-electron chi connectivity index (χ4n) is 7.99. The van der Waals surface area contributed by atoms with E-state index in [1.165, 1.54) is 0 Å². The summed E-state index contributed by atoms with van der Waals surface area (Å²) >= 11 is 0. The van der Waals surface area contributed by atoms with Crippen LogP contribution in [0.25, 0.3) is 0 Å². The average Bonchev–Trinajstić information content (AvgIpc) is 3.22. The molecule has 0 radical (unpaired) electrons. The molecule has 0 spiro atoms. The van der Waals surface area contributed by atoms with Crippen molar-refractivity contribution in [2.24, 2.45) is 5.92 Å². The molecule has 12 nitrogen and oxygen atoms in total. The van der Waals surface area contributed by atoms with E-state index in [-0.39, 0.29) is 18.2 Å². The Morgan fingerprint density at radius 3 is 1.73 bits per heavy atom. The van der Waals surface area contributed by atoms with Crippen LogP contribution in [0.5, 0.6) is 0 Å². The number of ether oxygens (including phenoxy) is 9. The van der Waals surface area contributed by atoms with E-state index in [9.17, 15) is 4.79 Å². The van der Waals surface area contributed by atoms with Crippen molar-refractivity contribution >= 4 is 18.9 Å². The van der Waals surface area contributed by atoms with Crippen LogP contribution in [0.2, 0.25) is 0 Å². The quantitative estimate of drug-likeness (QED) is 0.0930. The van der Waals surface area contributed by atoms with E-state index in [4.69, 9.17) is 47.9 Å². The monoisotopic (exact) mass is 778 g/mol. The first kappa shape index (κ1) is 43.0. The number of anilines is 1. The molecule has 3 aliphatic rings. The summed E-state index contributed by atoms with van der Waals surface area (Å²) in [6, 6.07) is 8.89. The van der Waals surface area contributed by atoms with Crippen molar-refractivity contribution in [2.45, 2.75) is 57.3 Å². The first-order chi connectivity index (χ1) is 26.6. The standard InChI is InChI=1S/C42H55N2O10P/c1-27-32(48-4)26-37(53-9)42(39(27)54-10)55(40-33(49-5)22-30(46-2)23-34(40)50-6,41-35(51-7)24-31(47-3)25-36(41)52-8)21-12-11-15-38(45)44-29-18-16-28(17-19-29)14-13-20-43/h16-19,22,24,26-27,34,36,39,55H,11-12,15,21,23,25H2,1-10H3,(H,44,45)/t27?,34-,36-,39-/m0/s1. The van der Waals surface area contributed by atoms with Gasteiger partial charge in [-0.25, -0.2) is 0 Å². The van der Waals surface area contributed by atoms with Crippen molar-refractivity contribution in [1.82, 2.24) is 0 Å². The van der Waals surface area contributed by atoms with E-state index >= 15 is 0 Å². The van der Waals surface area contributed by atoms with E-state index in [2.05, 4.69) is 24.1 Å². The van der Waals surface area contributed by atoms with Gasteiger partial charge < -0.3 is 0 Å². The minimum atomic E-state index is -3.51. The molecule has 0 aromatic heterocycles. The van der Waals surface area contributed by atoms with E-state index in [1.807, 2.05) is 24.3 Å². The third kappa shape index (κ3) is 9.23. The second kappa shape index (κ2) is 20.3. The first-order valence-corrected chi connectivity index (χ1v) is 20.3. The van der Waals surface area contributed by atoms with Crippen LogP contribution in [0, 0.1) is 29.1 Å². The van der Waals surface area contributed by atoms with Crippen LogP contribution < -0.4 is 5.32 Å². The number of carbonyl (C=O) groups excluding carboxylic acids is 1. The Hall–Kier alpha value is -4.71. The molecule has 0 fully saturated rings. The predicted octanol–water partition coefficient (Wildman–Crippen LogP) is 7.09. The number of hydrogen-bond donors (Lipinski definition) is 1. The van der Waals surface area contributed by atoms with Crippen LogP contribution >= 0.6 is 7.26 Å². The number of benzene rings is 1. The van der Waals surface area contributed by atoms with Crippen molar-refractivity contribution in [3.8, 4) is 17.9 Å². The summed E-state index contributed by atoms with van der Waals surface area (Å²) in [5.74, 6) is 8.84. The average molecular weight is 779 g/mol. The molecule has 1 amide bonds. The van der Waals surface area contributed by atoms with Gasteiger partial charge in [0.05, 0.1) is 0 Å². The molecule has 0 saturated carbocycles. The van der Waals surface area contributed by atoms with E-state index < -0.39 is 25.6 Å². The van der Waals surface area contributed by atoms with Crippen LogP contribution in [0.3, 0.4) is 0 Å². The molecule has 4 rings (SSSR count). The molecule has 1 unspecified atom stereocenters. The van der Waals surface area contributed by atoms with E-state index in [1.54, 1.807) is 88.3 Å². The molecular formula is C42H55N2O10P. The molecule has 298 valence electrons. The minimum absolute atomic E-state index is 0.123. The molecule has 4 atom stereocenters. The summed E-state index contributed by atoms with van der Waals surface area (Å²) in [4.78, 5) is 13.4. The summed E-state index contributed by atoms with van der Waals surface area (Å²) in [6.45, 7) is 2.08. The van der Waals surface area contributed by atoms with Gasteiger partial charge in [0.25, 0.3) is 0 Å². The summed E-state index contributed by atoms with van der Waals surface area (Å²) < 4.78 is 55.6. The molecule has 1 N–H and O–H groups in total. The number of nitrogens with one attached hydrogen (secondary N) is 1. The Labute approximate surface area is 326 Å². The number of allylic oxidation sites excluding steroid dienone is 3. The molecule has 1 aromatic carbocycles. The third-order valence-electron chi connectivity index (χ3n) is 10.5. The topological polar surface area (TPSA) is 136 Å². The Morgan fingerprint density at radius 2 is 1.27 bits per heavy atom. The number of nitrogens with zero attached hydrogens (tertiary/aromatic N) is 1. The van der Waals surface area contributed by atoms with Crippen LogP contribution in [0.15, 0.2) is 93.0 Å². The second-order valence-electron chi connectivity index (χ2n) is 13.2. The van der Waals surface area contributed by atoms with Crippen molar-refractivity contribution in [1.29, 1.82) is 5.26 Å². The van der Waals surface area contributed by atoms with Gasteiger partial charge in [0.15, 0.2) is 6.07 Å². The Kier molecular flexibility index (Phi) is 15.9. The molecule has 55 heavy (non-hydrogen) atoms. The summed E-state index contributed by atoms with van der Waals surface area (Å²) in [5, 5.41) is 14.6. The normalized spacial score (nSPS) is 21.6. The number of carbonyl (C=O) groups is 1. The van der Waals surface area contributed by atoms with Crippen LogP contribution in [0.4, 0.5) is 5.69 Å². The van der Waals surface area contributed by atoms with Gasteiger partial charge in [-0.05, 0) is 0 Å². The number of nitriles is 1. The molecule has 1 aromatic rings. The zero-order chi connectivity index (χ0) is 40.1. The SMILES string of the molecule is COC1=CC(OC)=C([PH](CCCCC(=O)Nc2ccc(C#CC#N)cc2)(C2=C(OC)C=C(OC)C[C@@H]2OC)C2=C(OC)C=C(OC)C(C)[C@@H]2OC)[C@@H](OC)C1. The third-order valence-corrected chi connectivity index (χ3v) is 16.0. The number of rotatable bonds is 18. The zero-order valence-corrected chi connectivity index (χ0v) is 34.6. The van der Waals surface area contributed by atoms with Gasteiger partial charge in [0, 0.05) is 0 Å². The van der Waals surface area contributed by atoms with Crippen LogP contribution in [0.1, 0.15) is 44.6 Å². The number of hydrogen-bond acceptors (Lipinski definition) is 11. The Balaban J connectivity index is 1.98. The van der Waals surface area contributed by atoms with E-state index in [0.29, 0.717) is 60.4 Å². The summed E-state index contributed by atoms with van der Waals surface area (Å²) in [6.07, 6.45) is 7.37. The van der Waals surface area contributed by atoms with Gasteiger partial charge >= 0.3 is 315 Å². The summed E-state index contributed by atoms with van der Waals surface area (Å²) in [7, 11) is 11.5. The molecule has 0 saturated heterocycles. The first-order valence-electron chi connectivity index (χ1n) is 18.1. The van der Waals surface area contributed by atoms with Gasteiger partial charge in [0.2, 0.25) is 0 Å². The molecular weight excluding hydrogens is 723 g/mol. The maximum absolute atomic E-state index is 13.4. The van der Waals surface area contributed by atoms with Gasteiger partial charge in [-0.15, -0.1) is 0 Å². The Morgan fingerprint density at radius 1 is 0.727 bits per heavy atom. The van der Waals surface area contributed by atoms with Crippen molar-refractivity contribution in [3.63, 3.8) is 0 Å². The molecule has 0 heterocycles. The van der Waals surface area contributed by atoms with Crippen molar-refractivity contribution in [2.75, 3.05) is 75.5 Å². The second-order valence-corrected chi connectivity index (χ2v) is 17.2. The van der Waals surface area contributed by atoms with Crippen LogP contribution in [-0.2, 0) is 47.4 Å². The van der Waals surface area contributed by atoms with Crippen LogP contribution in [-0.4, -0.2) is 94.4 Å². The number of unbranched alkanes of at least 4 members (excludes halogenated alkanes) is 1. The summed E-state index contributed by atoms with van der Waals surface area (Å²) in [5.41, 5.74) is 1.33. The molecule has 0 aliphatic heterocycles. The maximum atomic E-state index is 13.4. The number of methoxy groups -OCH3 is 9. The number of amides is 1. The van der Waals surface area contributed by atoms with Gasteiger partial charge in [-0.1, -0.05) is 0 Å². The van der Waals surface area contributed by atoms with Crippen molar-refractivity contribution in [3.05, 3.63) is 98.6 Å². The molecule has 0 bridgehead atoms. The predicted molar refractivity (Wildman–Crippen MR) is 213 cm³/mol. The van der Waals surface area contributed by atoms with Crippen molar-refractivity contribution < 1.29 is 47.4 Å². The molecule has 13 heteroatoms. The molecule has 3 aliphatic carbocycles. The van der Waals surface area contributed by atoms with Gasteiger partial charge in [-0.2, -0.15) is 5.26 Å². The fourth-order valence-corrected chi connectivity index (χ4v) is 14.6. The fraction of sp³-hybridized carbons (Fsp3) is 0.476.